The molecule has 1 saturated carbocycles. The Hall–Kier alpha value is -2.82. The molecule has 1 unspecified atom stereocenters. The fraction of sp³-hybridized carbons (Fsp3) is 0.440. The summed E-state index contributed by atoms with van der Waals surface area (Å²) in [6.07, 6.45) is 5.27. The van der Waals surface area contributed by atoms with Gasteiger partial charge in [-0.2, -0.15) is 0 Å². The van der Waals surface area contributed by atoms with Crippen LogP contribution in [0.2, 0.25) is 0 Å². The van der Waals surface area contributed by atoms with Gasteiger partial charge in [-0.3, -0.25) is 9.59 Å². The first-order chi connectivity index (χ1) is 14.6. The van der Waals surface area contributed by atoms with Gasteiger partial charge < -0.3 is 14.5 Å². The number of rotatable bonds is 6. The number of likely N-dealkylation sites (tertiary alicyclic amines) is 1. The van der Waals surface area contributed by atoms with Crippen LogP contribution in [0.3, 0.4) is 0 Å². The Labute approximate surface area is 178 Å². The van der Waals surface area contributed by atoms with Gasteiger partial charge in [-0.15, -0.1) is 0 Å². The van der Waals surface area contributed by atoms with E-state index in [2.05, 4.69) is 4.90 Å². The van der Waals surface area contributed by atoms with Crippen LogP contribution in [-0.4, -0.2) is 54.9 Å². The topological polar surface area (TPSA) is 49.9 Å². The average Bonchev–Trinajstić information content (AvgIpc) is 3.43. The zero-order valence-corrected chi connectivity index (χ0v) is 17.8. The Morgan fingerprint density at radius 2 is 1.80 bits per heavy atom. The maximum atomic E-state index is 12.9. The van der Waals surface area contributed by atoms with Gasteiger partial charge in [0.05, 0.1) is 7.11 Å². The molecule has 2 aliphatic rings. The zero-order chi connectivity index (χ0) is 21.1. The quantitative estimate of drug-likeness (QED) is 0.722. The van der Waals surface area contributed by atoms with Crippen LogP contribution < -0.4 is 4.74 Å². The first-order valence-corrected chi connectivity index (χ1v) is 10.8. The highest BCUT2D eigenvalue weighted by molar-refractivity contribution is 5.94. The fourth-order valence-electron chi connectivity index (χ4n) is 4.87. The second-order valence-electron chi connectivity index (χ2n) is 8.52. The number of hydrogen-bond donors (Lipinski definition) is 0. The molecule has 5 heteroatoms. The molecule has 0 radical (unpaired) electrons. The molecule has 0 bridgehead atoms. The molecule has 2 fully saturated rings. The van der Waals surface area contributed by atoms with Crippen molar-refractivity contribution in [3.8, 4) is 16.9 Å². The summed E-state index contributed by atoms with van der Waals surface area (Å²) in [6.45, 7) is 1.40. The molecule has 1 atom stereocenters. The van der Waals surface area contributed by atoms with Crippen molar-refractivity contribution in [1.82, 2.24) is 9.80 Å². The molecule has 4 rings (SSSR count). The number of methoxy groups -OCH3 is 1. The Balaban J connectivity index is 1.39. The number of carbonyl (C=O) groups is 2. The lowest BCUT2D eigenvalue weighted by Gasteiger charge is -2.25. The van der Waals surface area contributed by atoms with Crippen molar-refractivity contribution >= 4 is 11.8 Å². The maximum Gasteiger partial charge on any atom is 0.253 e. The van der Waals surface area contributed by atoms with E-state index in [-0.39, 0.29) is 17.7 Å². The second kappa shape index (κ2) is 8.90. The van der Waals surface area contributed by atoms with Crippen LogP contribution in [0.25, 0.3) is 11.1 Å². The van der Waals surface area contributed by atoms with Crippen LogP contribution in [0.5, 0.6) is 5.75 Å². The number of nitrogens with zero attached hydrogens (tertiary/aromatic N) is 2. The third kappa shape index (κ3) is 4.20. The van der Waals surface area contributed by atoms with Gasteiger partial charge in [-0.1, -0.05) is 43.2 Å². The Kier molecular flexibility index (Phi) is 6.07. The minimum atomic E-state index is -0.00616. The Morgan fingerprint density at radius 3 is 2.50 bits per heavy atom. The maximum absolute atomic E-state index is 12.9. The van der Waals surface area contributed by atoms with Crippen molar-refractivity contribution in [2.45, 2.75) is 38.1 Å². The van der Waals surface area contributed by atoms with Gasteiger partial charge in [0.1, 0.15) is 5.75 Å². The second-order valence-corrected chi connectivity index (χ2v) is 8.52. The number of carbonyl (C=O) groups excluding carboxylic acids is 2. The number of para-hydroxylation sites is 1. The molecule has 1 aliphatic heterocycles. The van der Waals surface area contributed by atoms with Crippen LogP contribution in [-0.2, 0) is 4.79 Å². The molecule has 1 saturated heterocycles. The molecule has 30 heavy (non-hydrogen) atoms. The van der Waals surface area contributed by atoms with Crippen molar-refractivity contribution in [1.29, 1.82) is 0 Å². The molecule has 1 aliphatic carbocycles. The van der Waals surface area contributed by atoms with Crippen molar-refractivity contribution in [2.24, 2.45) is 5.92 Å². The van der Waals surface area contributed by atoms with E-state index in [0.29, 0.717) is 24.6 Å². The molecule has 2 amide bonds. The van der Waals surface area contributed by atoms with Crippen LogP contribution in [0.4, 0.5) is 0 Å². The standard InChI is InChI=1S/C25H30N2O3/c1-26(16-18-15-24(28)27(17-18)21-7-3-4-8-21)25(29)20-13-11-19(12-14-20)22-9-5-6-10-23(22)30-2/h5-6,9-14,18,21H,3-4,7-8,15-17H2,1-2H3. The number of hydrogen-bond acceptors (Lipinski definition) is 3. The highest BCUT2D eigenvalue weighted by Crippen LogP contribution is 2.31. The normalized spacial score (nSPS) is 19.3. The minimum absolute atomic E-state index is 0.00616. The summed E-state index contributed by atoms with van der Waals surface area (Å²) < 4.78 is 5.44. The lowest BCUT2D eigenvalue weighted by molar-refractivity contribution is -0.129. The van der Waals surface area contributed by atoms with E-state index >= 15 is 0 Å². The summed E-state index contributed by atoms with van der Waals surface area (Å²) in [5, 5.41) is 0. The fourth-order valence-corrected chi connectivity index (χ4v) is 4.87. The van der Waals surface area contributed by atoms with Crippen molar-refractivity contribution < 1.29 is 14.3 Å². The third-order valence-electron chi connectivity index (χ3n) is 6.43. The van der Waals surface area contributed by atoms with Gasteiger partial charge in [-0.05, 0) is 36.6 Å². The van der Waals surface area contributed by atoms with E-state index in [0.717, 1.165) is 36.3 Å². The summed E-state index contributed by atoms with van der Waals surface area (Å²) in [5.41, 5.74) is 2.68. The minimum Gasteiger partial charge on any atom is -0.496 e. The first kappa shape index (κ1) is 20.5. The molecule has 2 aromatic rings. The van der Waals surface area contributed by atoms with Gasteiger partial charge in [0.2, 0.25) is 5.91 Å². The third-order valence-corrected chi connectivity index (χ3v) is 6.43. The average molecular weight is 407 g/mol. The van der Waals surface area contributed by atoms with Gasteiger partial charge in [0, 0.05) is 49.6 Å². The first-order valence-electron chi connectivity index (χ1n) is 10.8. The monoisotopic (exact) mass is 406 g/mol. The van der Waals surface area contributed by atoms with E-state index in [1.807, 2.05) is 55.6 Å². The van der Waals surface area contributed by atoms with Crippen LogP contribution >= 0.6 is 0 Å². The molecule has 0 aromatic heterocycles. The van der Waals surface area contributed by atoms with Gasteiger partial charge in [-0.25, -0.2) is 0 Å². The van der Waals surface area contributed by atoms with Crippen LogP contribution in [0.15, 0.2) is 48.5 Å². The molecule has 2 aromatic carbocycles. The summed E-state index contributed by atoms with van der Waals surface area (Å²) in [5.74, 6) is 1.29. The smallest absolute Gasteiger partial charge is 0.253 e. The molecule has 0 spiro atoms. The zero-order valence-electron chi connectivity index (χ0n) is 17.8. The van der Waals surface area contributed by atoms with E-state index in [1.54, 1.807) is 12.0 Å². The Morgan fingerprint density at radius 1 is 1.10 bits per heavy atom. The van der Waals surface area contributed by atoms with Gasteiger partial charge in [0.15, 0.2) is 0 Å². The SMILES string of the molecule is COc1ccccc1-c1ccc(C(=O)N(C)CC2CC(=O)N(C3CCCC3)C2)cc1. The Bertz CT molecular complexity index is 903. The van der Waals surface area contributed by atoms with Crippen molar-refractivity contribution in [2.75, 3.05) is 27.2 Å². The van der Waals surface area contributed by atoms with Gasteiger partial charge in [0.25, 0.3) is 5.91 Å². The number of ether oxygens (including phenoxy) is 1. The molecular formula is C25H30N2O3. The summed E-state index contributed by atoms with van der Waals surface area (Å²) in [4.78, 5) is 29.2. The highest BCUT2D eigenvalue weighted by Gasteiger charge is 2.36. The van der Waals surface area contributed by atoms with Crippen LogP contribution in [0, 0.1) is 5.92 Å². The summed E-state index contributed by atoms with van der Waals surface area (Å²) in [6, 6.07) is 15.9. The van der Waals surface area contributed by atoms with E-state index in [9.17, 15) is 9.59 Å². The predicted octanol–water partition coefficient (Wildman–Crippen LogP) is 4.23. The molecule has 158 valence electrons. The molecule has 5 nitrogen and oxygen atoms in total. The molecule has 1 heterocycles. The van der Waals surface area contributed by atoms with E-state index in [1.165, 1.54) is 12.8 Å². The summed E-state index contributed by atoms with van der Waals surface area (Å²) in [7, 11) is 3.49. The predicted molar refractivity (Wildman–Crippen MR) is 117 cm³/mol. The van der Waals surface area contributed by atoms with E-state index in [4.69, 9.17) is 4.74 Å². The lowest BCUT2D eigenvalue weighted by Crippen LogP contribution is -2.36. The number of amides is 2. The van der Waals surface area contributed by atoms with Crippen LogP contribution in [0.1, 0.15) is 42.5 Å². The highest BCUT2D eigenvalue weighted by atomic mass is 16.5. The van der Waals surface area contributed by atoms with Crippen molar-refractivity contribution in [3.63, 3.8) is 0 Å². The summed E-state index contributed by atoms with van der Waals surface area (Å²) >= 11 is 0. The lowest BCUT2D eigenvalue weighted by atomic mass is 10.0. The molecule has 0 N–H and O–H groups in total. The largest absolute Gasteiger partial charge is 0.496 e. The van der Waals surface area contributed by atoms with E-state index < -0.39 is 0 Å². The number of benzene rings is 2. The van der Waals surface area contributed by atoms with Crippen molar-refractivity contribution in [3.05, 3.63) is 54.1 Å². The van der Waals surface area contributed by atoms with Gasteiger partial charge >= 0.3 is 0 Å². The molecular weight excluding hydrogens is 376 g/mol.